The van der Waals surface area contributed by atoms with Crippen LogP contribution in [-0.2, 0) is 6.61 Å². The Morgan fingerprint density at radius 2 is 1.93 bits per heavy atom. The van der Waals surface area contributed by atoms with Crippen LogP contribution in [0.4, 0.5) is 14.5 Å². The van der Waals surface area contributed by atoms with Gasteiger partial charge in [-0.1, -0.05) is 22.8 Å². The van der Waals surface area contributed by atoms with Crippen LogP contribution in [0, 0.1) is 13.8 Å². The molecule has 0 aliphatic heterocycles. The van der Waals surface area contributed by atoms with Crippen molar-refractivity contribution >= 4 is 23.2 Å². The number of halogens is 3. The number of nitrogens with zero attached hydrogens (tertiary/aromatic N) is 1. The van der Waals surface area contributed by atoms with Gasteiger partial charge in [-0.05, 0) is 55.8 Å². The molecule has 0 atom stereocenters. The Bertz CT molecular complexity index is 1010. The molecular formula is C20H17ClF2N2O4. The normalized spacial score (nSPS) is 10.8. The van der Waals surface area contributed by atoms with E-state index in [-0.39, 0.29) is 23.7 Å². The Balaban J connectivity index is 1.78. The van der Waals surface area contributed by atoms with Crippen molar-refractivity contribution in [1.29, 1.82) is 0 Å². The first-order valence-electron chi connectivity index (χ1n) is 8.54. The molecular weight excluding hydrogens is 406 g/mol. The molecule has 0 radical (unpaired) electrons. The fourth-order valence-electron chi connectivity index (χ4n) is 2.53. The van der Waals surface area contributed by atoms with Crippen LogP contribution in [0.2, 0.25) is 5.02 Å². The SMILES string of the molecule is Cc1ccc(NC(=O)c2noc(C)c2COc2ccc(Cl)cc2)c(OC(F)F)c1. The summed E-state index contributed by atoms with van der Waals surface area (Å²) in [7, 11) is 0. The smallest absolute Gasteiger partial charge is 0.387 e. The Morgan fingerprint density at radius 1 is 1.21 bits per heavy atom. The molecule has 9 heteroatoms. The van der Waals surface area contributed by atoms with E-state index in [1.165, 1.54) is 12.1 Å². The minimum Gasteiger partial charge on any atom is -0.489 e. The molecule has 1 N–H and O–H groups in total. The number of carbonyl (C=O) groups excluding carboxylic acids is 1. The van der Waals surface area contributed by atoms with Gasteiger partial charge in [-0.25, -0.2) is 0 Å². The van der Waals surface area contributed by atoms with Crippen molar-refractivity contribution in [3.05, 3.63) is 70.1 Å². The first-order valence-corrected chi connectivity index (χ1v) is 8.91. The molecule has 3 rings (SSSR count). The number of ether oxygens (including phenoxy) is 2. The van der Waals surface area contributed by atoms with E-state index in [9.17, 15) is 13.6 Å². The fourth-order valence-corrected chi connectivity index (χ4v) is 2.66. The third kappa shape index (κ3) is 5.23. The molecule has 0 saturated heterocycles. The molecule has 0 spiro atoms. The lowest BCUT2D eigenvalue weighted by Crippen LogP contribution is -2.16. The molecule has 0 unspecified atom stereocenters. The van der Waals surface area contributed by atoms with E-state index >= 15 is 0 Å². The third-order valence-electron chi connectivity index (χ3n) is 4.00. The van der Waals surface area contributed by atoms with Crippen LogP contribution in [0.15, 0.2) is 47.0 Å². The van der Waals surface area contributed by atoms with E-state index in [1.807, 2.05) is 0 Å². The maximum Gasteiger partial charge on any atom is 0.387 e. The van der Waals surface area contributed by atoms with Gasteiger partial charge in [0.25, 0.3) is 5.91 Å². The highest BCUT2D eigenvalue weighted by Gasteiger charge is 2.22. The zero-order valence-corrected chi connectivity index (χ0v) is 16.3. The summed E-state index contributed by atoms with van der Waals surface area (Å²) in [5, 5.41) is 6.86. The zero-order valence-electron chi connectivity index (χ0n) is 15.5. The Hall–Kier alpha value is -3.13. The Labute approximate surface area is 170 Å². The number of hydrogen-bond donors (Lipinski definition) is 1. The fraction of sp³-hybridized carbons (Fsp3) is 0.200. The molecule has 1 aromatic heterocycles. The number of aryl methyl sites for hydroxylation is 2. The van der Waals surface area contributed by atoms with Crippen molar-refractivity contribution in [1.82, 2.24) is 5.16 Å². The van der Waals surface area contributed by atoms with Crippen LogP contribution < -0.4 is 14.8 Å². The number of benzene rings is 2. The summed E-state index contributed by atoms with van der Waals surface area (Å²) < 4.78 is 40.6. The molecule has 0 fully saturated rings. The summed E-state index contributed by atoms with van der Waals surface area (Å²) in [6, 6.07) is 11.3. The number of aromatic nitrogens is 1. The van der Waals surface area contributed by atoms with Crippen LogP contribution >= 0.6 is 11.6 Å². The summed E-state index contributed by atoms with van der Waals surface area (Å²) in [4.78, 5) is 12.7. The van der Waals surface area contributed by atoms with Gasteiger partial charge in [0, 0.05) is 5.02 Å². The zero-order chi connectivity index (χ0) is 21.0. The van der Waals surface area contributed by atoms with Gasteiger partial charge >= 0.3 is 6.61 Å². The molecule has 0 aliphatic carbocycles. The molecule has 152 valence electrons. The second kappa shape index (κ2) is 8.91. The summed E-state index contributed by atoms with van der Waals surface area (Å²) in [5.74, 6) is 0.164. The number of nitrogens with one attached hydrogen (secondary N) is 1. The number of carbonyl (C=O) groups is 1. The number of anilines is 1. The van der Waals surface area contributed by atoms with E-state index in [0.29, 0.717) is 27.7 Å². The van der Waals surface area contributed by atoms with Crippen molar-refractivity contribution in [3.63, 3.8) is 0 Å². The summed E-state index contributed by atoms with van der Waals surface area (Å²) in [6.07, 6.45) is 0. The second-order valence-electron chi connectivity index (χ2n) is 6.14. The highest BCUT2D eigenvalue weighted by molar-refractivity contribution is 6.30. The predicted molar refractivity (Wildman–Crippen MR) is 103 cm³/mol. The Morgan fingerprint density at radius 3 is 2.62 bits per heavy atom. The Kier molecular flexibility index (Phi) is 6.33. The average Bonchev–Trinajstić information content (AvgIpc) is 3.03. The van der Waals surface area contributed by atoms with Crippen molar-refractivity contribution < 1.29 is 27.6 Å². The van der Waals surface area contributed by atoms with Crippen LogP contribution in [0.1, 0.15) is 27.4 Å². The third-order valence-corrected chi connectivity index (χ3v) is 4.25. The minimum absolute atomic E-state index is 0.0139. The number of amides is 1. The van der Waals surface area contributed by atoms with Crippen molar-refractivity contribution in [3.8, 4) is 11.5 Å². The standard InChI is InChI=1S/C20H17ClF2N2O4/c1-11-3-8-16(17(9-11)28-20(22)23)24-19(26)18-15(12(2)29-25-18)10-27-14-6-4-13(21)5-7-14/h3-9,20H,10H2,1-2H3,(H,24,26). The highest BCUT2D eigenvalue weighted by atomic mass is 35.5. The van der Waals surface area contributed by atoms with Crippen molar-refractivity contribution in [2.75, 3.05) is 5.32 Å². The lowest BCUT2D eigenvalue weighted by Gasteiger charge is -2.12. The number of alkyl halides is 2. The van der Waals surface area contributed by atoms with E-state index in [0.717, 1.165) is 0 Å². The van der Waals surface area contributed by atoms with Gasteiger partial charge in [-0.15, -0.1) is 0 Å². The van der Waals surface area contributed by atoms with Gasteiger partial charge in [0.05, 0.1) is 11.3 Å². The van der Waals surface area contributed by atoms with Gasteiger partial charge in [0.15, 0.2) is 5.69 Å². The first-order chi connectivity index (χ1) is 13.8. The lowest BCUT2D eigenvalue weighted by molar-refractivity contribution is -0.0494. The van der Waals surface area contributed by atoms with Gasteiger partial charge in [-0.3, -0.25) is 4.79 Å². The largest absolute Gasteiger partial charge is 0.489 e. The molecule has 1 heterocycles. The topological polar surface area (TPSA) is 73.6 Å². The van der Waals surface area contributed by atoms with E-state index in [1.54, 1.807) is 44.2 Å². The quantitative estimate of drug-likeness (QED) is 0.553. The first kappa shape index (κ1) is 20.6. The molecule has 0 aliphatic rings. The van der Waals surface area contributed by atoms with Crippen LogP contribution in [0.5, 0.6) is 11.5 Å². The molecule has 29 heavy (non-hydrogen) atoms. The number of rotatable bonds is 7. The van der Waals surface area contributed by atoms with Crippen LogP contribution in [-0.4, -0.2) is 17.7 Å². The second-order valence-corrected chi connectivity index (χ2v) is 6.58. The monoisotopic (exact) mass is 422 g/mol. The lowest BCUT2D eigenvalue weighted by atomic mass is 10.1. The van der Waals surface area contributed by atoms with Gasteiger partial charge in [-0.2, -0.15) is 8.78 Å². The maximum atomic E-state index is 12.7. The molecule has 1 amide bonds. The van der Waals surface area contributed by atoms with Crippen LogP contribution in [0.3, 0.4) is 0 Å². The predicted octanol–water partition coefficient (Wildman–Crippen LogP) is 5.38. The van der Waals surface area contributed by atoms with Gasteiger partial charge in [0.1, 0.15) is 23.9 Å². The summed E-state index contributed by atoms with van der Waals surface area (Å²) in [6.45, 7) is 0.359. The maximum absolute atomic E-state index is 12.7. The summed E-state index contributed by atoms with van der Waals surface area (Å²) >= 11 is 5.84. The van der Waals surface area contributed by atoms with Crippen molar-refractivity contribution in [2.24, 2.45) is 0 Å². The van der Waals surface area contributed by atoms with Crippen molar-refractivity contribution in [2.45, 2.75) is 27.1 Å². The molecule has 0 saturated carbocycles. The van der Waals surface area contributed by atoms with Gasteiger partial charge < -0.3 is 19.3 Å². The van der Waals surface area contributed by atoms with E-state index in [4.69, 9.17) is 20.9 Å². The highest BCUT2D eigenvalue weighted by Crippen LogP contribution is 2.28. The molecule has 6 nitrogen and oxygen atoms in total. The minimum atomic E-state index is -3.02. The molecule has 3 aromatic rings. The molecule has 0 bridgehead atoms. The van der Waals surface area contributed by atoms with E-state index in [2.05, 4.69) is 15.2 Å². The van der Waals surface area contributed by atoms with Gasteiger partial charge in [0.2, 0.25) is 0 Å². The average molecular weight is 423 g/mol. The summed E-state index contributed by atoms with van der Waals surface area (Å²) in [5.41, 5.74) is 1.21. The van der Waals surface area contributed by atoms with E-state index < -0.39 is 12.5 Å². The molecule has 2 aromatic carbocycles. The van der Waals surface area contributed by atoms with Crippen LogP contribution in [0.25, 0.3) is 0 Å². The number of hydrogen-bond acceptors (Lipinski definition) is 5.